The molecule has 104 valence electrons. The second-order valence-electron chi connectivity index (χ2n) is 5.15. The Labute approximate surface area is 113 Å². The lowest BCUT2D eigenvalue weighted by Gasteiger charge is -2.28. The highest BCUT2D eigenvalue weighted by atomic mass is 16.5. The van der Waals surface area contributed by atoms with Gasteiger partial charge >= 0.3 is 0 Å². The zero-order chi connectivity index (χ0) is 13.7. The van der Waals surface area contributed by atoms with Crippen molar-refractivity contribution < 1.29 is 9.94 Å². The molecule has 0 amide bonds. The largest absolute Gasteiger partial charge is 0.409 e. The van der Waals surface area contributed by atoms with E-state index < -0.39 is 0 Å². The number of rotatable bonds is 4. The fourth-order valence-electron chi connectivity index (χ4n) is 2.49. The van der Waals surface area contributed by atoms with E-state index in [0.717, 1.165) is 12.0 Å². The van der Waals surface area contributed by atoms with Crippen LogP contribution in [0.2, 0.25) is 0 Å². The van der Waals surface area contributed by atoms with Crippen molar-refractivity contribution in [3.63, 3.8) is 0 Å². The fourth-order valence-corrected chi connectivity index (χ4v) is 2.49. The van der Waals surface area contributed by atoms with Crippen LogP contribution in [0.5, 0.6) is 0 Å². The highest BCUT2D eigenvalue weighted by molar-refractivity contribution is 5.95. The SMILES string of the molecule is CC1CCCCC1OCc1ccnc(C(N)=NO)c1. The summed E-state index contributed by atoms with van der Waals surface area (Å²) in [5.41, 5.74) is 6.99. The van der Waals surface area contributed by atoms with E-state index in [1.54, 1.807) is 12.3 Å². The van der Waals surface area contributed by atoms with E-state index in [-0.39, 0.29) is 5.84 Å². The summed E-state index contributed by atoms with van der Waals surface area (Å²) in [5, 5.41) is 11.6. The number of hydrogen-bond donors (Lipinski definition) is 2. The van der Waals surface area contributed by atoms with Crippen molar-refractivity contribution in [3.8, 4) is 0 Å². The number of hydrogen-bond acceptors (Lipinski definition) is 4. The van der Waals surface area contributed by atoms with Crippen LogP contribution in [0.1, 0.15) is 43.9 Å². The van der Waals surface area contributed by atoms with Crippen molar-refractivity contribution in [2.45, 2.75) is 45.3 Å². The van der Waals surface area contributed by atoms with Gasteiger partial charge in [0.2, 0.25) is 0 Å². The van der Waals surface area contributed by atoms with Crippen LogP contribution in [-0.4, -0.2) is 22.1 Å². The van der Waals surface area contributed by atoms with Crippen LogP contribution >= 0.6 is 0 Å². The second-order valence-corrected chi connectivity index (χ2v) is 5.15. The normalized spacial score (nSPS) is 24.4. The molecule has 1 aliphatic rings. The quantitative estimate of drug-likeness (QED) is 0.378. The van der Waals surface area contributed by atoms with Gasteiger partial charge in [-0.3, -0.25) is 4.98 Å². The molecule has 1 fully saturated rings. The van der Waals surface area contributed by atoms with Crippen molar-refractivity contribution in [1.29, 1.82) is 0 Å². The van der Waals surface area contributed by atoms with E-state index in [2.05, 4.69) is 17.1 Å². The van der Waals surface area contributed by atoms with Crippen LogP contribution in [0.25, 0.3) is 0 Å². The zero-order valence-electron chi connectivity index (χ0n) is 11.2. The number of pyridine rings is 1. The molecular formula is C14H21N3O2. The molecule has 2 rings (SSSR count). The standard InChI is InChI=1S/C14H21N3O2/c1-10-4-2-3-5-13(10)19-9-11-6-7-16-12(8-11)14(15)17-18/h6-8,10,13,18H,2-5,9H2,1H3,(H2,15,17). The first-order valence-electron chi connectivity index (χ1n) is 6.75. The number of ether oxygens (including phenoxy) is 1. The van der Waals surface area contributed by atoms with Gasteiger partial charge in [0.15, 0.2) is 5.84 Å². The fraction of sp³-hybridized carbons (Fsp3) is 0.571. The van der Waals surface area contributed by atoms with Gasteiger partial charge in [0.1, 0.15) is 5.69 Å². The van der Waals surface area contributed by atoms with E-state index in [1.807, 2.05) is 6.07 Å². The molecule has 3 N–H and O–H groups in total. The Morgan fingerprint density at radius 2 is 2.32 bits per heavy atom. The van der Waals surface area contributed by atoms with E-state index in [1.165, 1.54) is 19.3 Å². The van der Waals surface area contributed by atoms with Gasteiger partial charge in [0, 0.05) is 6.20 Å². The number of nitrogens with two attached hydrogens (primary N) is 1. The summed E-state index contributed by atoms with van der Waals surface area (Å²) in [6, 6.07) is 3.68. The monoisotopic (exact) mass is 263 g/mol. The van der Waals surface area contributed by atoms with Gasteiger partial charge < -0.3 is 15.7 Å². The Balaban J connectivity index is 1.95. The third-order valence-corrected chi connectivity index (χ3v) is 3.69. The number of oxime groups is 1. The summed E-state index contributed by atoms with van der Waals surface area (Å²) >= 11 is 0. The highest BCUT2D eigenvalue weighted by Gasteiger charge is 2.21. The van der Waals surface area contributed by atoms with Gasteiger partial charge in [0.25, 0.3) is 0 Å². The van der Waals surface area contributed by atoms with E-state index in [4.69, 9.17) is 15.7 Å². The summed E-state index contributed by atoms with van der Waals surface area (Å²) in [6.07, 6.45) is 6.94. The summed E-state index contributed by atoms with van der Waals surface area (Å²) in [7, 11) is 0. The van der Waals surface area contributed by atoms with Crippen LogP contribution in [0.4, 0.5) is 0 Å². The highest BCUT2D eigenvalue weighted by Crippen LogP contribution is 2.26. The lowest BCUT2D eigenvalue weighted by Crippen LogP contribution is -2.25. The first-order chi connectivity index (χ1) is 9.20. The third-order valence-electron chi connectivity index (χ3n) is 3.69. The lowest BCUT2D eigenvalue weighted by atomic mass is 9.88. The van der Waals surface area contributed by atoms with Gasteiger partial charge in [-0.15, -0.1) is 0 Å². The van der Waals surface area contributed by atoms with Crippen LogP contribution in [0, 0.1) is 5.92 Å². The zero-order valence-corrected chi connectivity index (χ0v) is 11.2. The molecule has 0 aliphatic heterocycles. The topological polar surface area (TPSA) is 80.7 Å². The van der Waals surface area contributed by atoms with Gasteiger partial charge in [-0.05, 0) is 36.5 Å². The Hall–Kier alpha value is -1.62. The Bertz CT molecular complexity index is 448. The van der Waals surface area contributed by atoms with Gasteiger partial charge in [-0.2, -0.15) is 0 Å². The molecule has 0 radical (unpaired) electrons. The predicted molar refractivity (Wildman–Crippen MR) is 73.0 cm³/mol. The lowest BCUT2D eigenvalue weighted by molar-refractivity contribution is -0.0154. The second kappa shape index (κ2) is 6.52. The average molecular weight is 263 g/mol. The molecule has 1 aliphatic carbocycles. The van der Waals surface area contributed by atoms with E-state index in [9.17, 15) is 0 Å². The molecule has 0 bridgehead atoms. The van der Waals surface area contributed by atoms with E-state index in [0.29, 0.717) is 24.3 Å². The third kappa shape index (κ3) is 3.67. The first kappa shape index (κ1) is 13.8. The van der Waals surface area contributed by atoms with Crippen molar-refractivity contribution in [1.82, 2.24) is 4.98 Å². The molecule has 1 aromatic heterocycles. The molecule has 19 heavy (non-hydrogen) atoms. The number of amidine groups is 1. The molecule has 1 saturated carbocycles. The molecule has 0 aromatic carbocycles. The molecular weight excluding hydrogens is 242 g/mol. The maximum Gasteiger partial charge on any atom is 0.188 e. The van der Waals surface area contributed by atoms with Gasteiger partial charge in [-0.1, -0.05) is 24.9 Å². The van der Waals surface area contributed by atoms with Gasteiger partial charge in [0.05, 0.1) is 12.7 Å². The maximum atomic E-state index is 8.64. The minimum Gasteiger partial charge on any atom is -0.409 e. The molecule has 2 unspecified atom stereocenters. The van der Waals surface area contributed by atoms with Crippen LogP contribution < -0.4 is 5.73 Å². The molecule has 2 atom stereocenters. The minimum absolute atomic E-state index is 0.0212. The van der Waals surface area contributed by atoms with Gasteiger partial charge in [-0.25, -0.2) is 0 Å². The Morgan fingerprint density at radius 3 is 3.05 bits per heavy atom. The van der Waals surface area contributed by atoms with Crippen molar-refractivity contribution in [3.05, 3.63) is 29.6 Å². The van der Waals surface area contributed by atoms with Crippen LogP contribution in [0.3, 0.4) is 0 Å². The first-order valence-corrected chi connectivity index (χ1v) is 6.75. The molecule has 5 heteroatoms. The average Bonchev–Trinajstić information content (AvgIpc) is 2.46. The molecule has 0 saturated heterocycles. The summed E-state index contributed by atoms with van der Waals surface area (Å²) < 4.78 is 5.98. The molecule has 1 heterocycles. The Morgan fingerprint density at radius 1 is 1.53 bits per heavy atom. The summed E-state index contributed by atoms with van der Waals surface area (Å²) in [4.78, 5) is 4.05. The maximum absolute atomic E-state index is 8.64. The van der Waals surface area contributed by atoms with Crippen LogP contribution in [0.15, 0.2) is 23.5 Å². The summed E-state index contributed by atoms with van der Waals surface area (Å²) in [5.74, 6) is 0.645. The minimum atomic E-state index is 0.0212. The number of aromatic nitrogens is 1. The van der Waals surface area contributed by atoms with Crippen molar-refractivity contribution in [2.24, 2.45) is 16.8 Å². The summed E-state index contributed by atoms with van der Waals surface area (Å²) in [6.45, 7) is 2.79. The van der Waals surface area contributed by atoms with Crippen molar-refractivity contribution in [2.75, 3.05) is 0 Å². The smallest absolute Gasteiger partial charge is 0.188 e. The molecule has 0 spiro atoms. The van der Waals surface area contributed by atoms with Crippen molar-refractivity contribution >= 4 is 5.84 Å². The number of nitrogens with zero attached hydrogens (tertiary/aromatic N) is 2. The van der Waals surface area contributed by atoms with Crippen LogP contribution in [-0.2, 0) is 11.3 Å². The Kier molecular flexibility index (Phi) is 4.74. The van der Waals surface area contributed by atoms with E-state index >= 15 is 0 Å². The molecule has 5 nitrogen and oxygen atoms in total. The molecule has 1 aromatic rings. The predicted octanol–water partition coefficient (Wildman–Crippen LogP) is 2.27.